The van der Waals surface area contributed by atoms with Crippen molar-refractivity contribution < 1.29 is 23.7 Å². The number of aliphatic hydroxyl groups is 1. The van der Waals surface area contributed by atoms with Gasteiger partial charge in [0.15, 0.2) is 6.10 Å². The summed E-state index contributed by atoms with van der Waals surface area (Å²) in [5.74, 6) is -0.134. The van der Waals surface area contributed by atoms with Crippen molar-refractivity contribution in [3.8, 4) is 11.5 Å². The number of halogens is 1. The monoisotopic (exact) mass is 413 g/mol. The minimum atomic E-state index is -1.41. The third kappa shape index (κ3) is 3.68. The molecule has 5 nitrogen and oxygen atoms in total. The quantitative estimate of drug-likeness (QED) is 0.819. The maximum absolute atomic E-state index is 13.5. The molecule has 1 fully saturated rings. The van der Waals surface area contributed by atoms with Crippen LogP contribution < -0.4 is 9.47 Å². The molecule has 0 radical (unpaired) electrons. The molecular weight excluding hydrogens is 385 g/mol. The average molecular weight is 413 g/mol. The van der Waals surface area contributed by atoms with Crippen LogP contribution in [0.3, 0.4) is 0 Å². The number of ether oxygens (including phenoxy) is 3. The lowest BCUT2D eigenvalue weighted by Crippen LogP contribution is -2.64. The number of β-amino-alcohol motifs (C(OH)–C–C–N with tert-alkyl or cyclic N) is 1. The minimum absolute atomic E-state index is 0.198. The summed E-state index contributed by atoms with van der Waals surface area (Å²) in [5.41, 5.74) is 3.26. The zero-order valence-electron chi connectivity index (χ0n) is 17.4. The van der Waals surface area contributed by atoms with Gasteiger partial charge in [0, 0.05) is 6.54 Å². The summed E-state index contributed by atoms with van der Waals surface area (Å²) in [5, 5.41) is 11.5. The van der Waals surface area contributed by atoms with E-state index in [1.807, 2.05) is 19.2 Å². The predicted molar refractivity (Wildman–Crippen MR) is 110 cm³/mol. The molecule has 6 heteroatoms. The highest BCUT2D eigenvalue weighted by molar-refractivity contribution is 5.39. The first kappa shape index (κ1) is 19.8. The maximum atomic E-state index is 13.5. The second-order valence-electron chi connectivity index (χ2n) is 8.90. The molecule has 30 heavy (non-hydrogen) atoms. The van der Waals surface area contributed by atoms with Crippen LogP contribution in [-0.4, -0.2) is 54.2 Å². The molecule has 2 aromatic carbocycles. The smallest absolute Gasteiger partial charge is 0.217 e. The lowest BCUT2D eigenvalue weighted by Gasteiger charge is -2.48. The Morgan fingerprint density at radius 1 is 1.00 bits per heavy atom. The van der Waals surface area contributed by atoms with E-state index >= 15 is 0 Å². The van der Waals surface area contributed by atoms with Gasteiger partial charge in [-0.05, 0) is 75.0 Å². The molecule has 3 aliphatic heterocycles. The van der Waals surface area contributed by atoms with E-state index in [4.69, 9.17) is 14.2 Å². The third-order valence-corrected chi connectivity index (χ3v) is 6.42. The average Bonchev–Trinajstić information content (AvgIpc) is 2.72. The molecule has 3 aliphatic rings. The third-order valence-electron chi connectivity index (χ3n) is 6.42. The first-order valence-electron chi connectivity index (χ1n) is 10.7. The van der Waals surface area contributed by atoms with Crippen LogP contribution in [0.1, 0.15) is 29.5 Å². The van der Waals surface area contributed by atoms with E-state index in [0.29, 0.717) is 25.3 Å². The Morgan fingerprint density at radius 2 is 1.73 bits per heavy atom. The van der Waals surface area contributed by atoms with Crippen LogP contribution in [0.15, 0.2) is 36.4 Å². The van der Waals surface area contributed by atoms with Gasteiger partial charge in [-0.3, -0.25) is 4.90 Å². The first-order valence-corrected chi connectivity index (χ1v) is 10.7. The van der Waals surface area contributed by atoms with Gasteiger partial charge in [0.25, 0.3) is 0 Å². The lowest BCUT2D eigenvalue weighted by molar-refractivity contribution is -0.312. The highest BCUT2D eigenvalue weighted by atomic mass is 19.1. The molecule has 1 N–H and O–H groups in total. The Hall–Kier alpha value is -2.15. The molecule has 4 unspecified atom stereocenters. The van der Waals surface area contributed by atoms with Crippen molar-refractivity contribution in [2.75, 3.05) is 20.1 Å². The Kier molecular flexibility index (Phi) is 4.96. The standard InChI is InChI=1S/C24H28FNO4/c1-15-3-7-20-16(11-15)5-10-23(29-20)24(27)14-26(2)13-22(30-24)21-8-4-17-12-18(25)6-9-19(17)28-21/h3,6-7,9,11-12,21-23,27H,4-5,8,10,13-14H2,1-2H3. The summed E-state index contributed by atoms with van der Waals surface area (Å²) in [6, 6.07) is 10.8. The molecule has 1 saturated heterocycles. The van der Waals surface area contributed by atoms with Gasteiger partial charge in [-0.2, -0.15) is 0 Å². The van der Waals surface area contributed by atoms with Crippen LogP contribution >= 0.6 is 0 Å². The fraction of sp³-hybridized carbons (Fsp3) is 0.500. The predicted octanol–water partition coefficient (Wildman–Crippen LogP) is 3.24. The van der Waals surface area contributed by atoms with Crippen molar-refractivity contribution in [2.24, 2.45) is 0 Å². The molecule has 0 aromatic heterocycles. The summed E-state index contributed by atoms with van der Waals surface area (Å²) >= 11 is 0. The summed E-state index contributed by atoms with van der Waals surface area (Å²) in [6.45, 7) is 3.11. The second-order valence-corrected chi connectivity index (χ2v) is 8.90. The van der Waals surface area contributed by atoms with E-state index in [1.54, 1.807) is 6.07 Å². The van der Waals surface area contributed by atoms with Crippen molar-refractivity contribution in [2.45, 2.75) is 56.7 Å². The highest BCUT2D eigenvalue weighted by Crippen LogP contribution is 2.37. The molecular formula is C24H28FNO4. The lowest BCUT2D eigenvalue weighted by atomic mass is 9.93. The van der Waals surface area contributed by atoms with Crippen LogP contribution in [0.5, 0.6) is 11.5 Å². The fourth-order valence-electron chi connectivity index (χ4n) is 4.94. The molecule has 4 atom stereocenters. The van der Waals surface area contributed by atoms with Gasteiger partial charge in [0.1, 0.15) is 29.5 Å². The van der Waals surface area contributed by atoms with E-state index in [1.165, 1.54) is 23.3 Å². The summed E-state index contributed by atoms with van der Waals surface area (Å²) < 4.78 is 32.1. The normalized spacial score (nSPS) is 31.3. The molecule has 160 valence electrons. The van der Waals surface area contributed by atoms with Gasteiger partial charge in [0.05, 0.1) is 6.54 Å². The Labute approximate surface area is 176 Å². The topological polar surface area (TPSA) is 51.2 Å². The van der Waals surface area contributed by atoms with Crippen molar-refractivity contribution >= 4 is 0 Å². The number of hydrogen-bond acceptors (Lipinski definition) is 5. The molecule has 0 saturated carbocycles. The zero-order valence-corrected chi connectivity index (χ0v) is 17.4. The van der Waals surface area contributed by atoms with Gasteiger partial charge in [0.2, 0.25) is 5.79 Å². The number of aryl methyl sites for hydroxylation is 3. The molecule has 5 rings (SSSR count). The molecule has 3 heterocycles. The van der Waals surface area contributed by atoms with Crippen molar-refractivity contribution in [3.63, 3.8) is 0 Å². The molecule has 0 spiro atoms. The van der Waals surface area contributed by atoms with Crippen molar-refractivity contribution in [3.05, 3.63) is 58.9 Å². The Balaban J connectivity index is 1.33. The van der Waals surface area contributed by atoms with Crippen molar-refractivity contribution in [1.29, 1.82) is 0 Å². The molecule has 2 aromatic rings. The van der Waals surface area contributed by atoms with Crippen LogP contribution in [-0.2, 0) is 17.6 Å². The first-order chi connectivity index (χ1) is 14.4. The summed E-state index contributed by atoms with van der Waals surface area (Å²) in [4.78, 5) is 2.08. The molecule has 0 bridgehead atoms. The van der Waals surface area contributed by atoms with Gasteiger partial charge in [-0.25, -0.2) is 4.39 Å². The minimum Gasteiger partial charge on any atom is -0.487 e. The number of benzene rings is 2. The second kappa shape index (κ2) is 7.52. The maximum Gasteiger partial charge on any atom is 0.217 e. The SMILES string of the molecule is Cc1ccc2c(c1)CCC(C1(O)CN(C)CC(C3CCc4cc(F)ccc4O3)O1)O2. The molecule has 0 aliphatic carbocycles. The Morgan fingerprint density at radius 3 is 2.60 bits per heavy atom. The van der Waals surface area contributed by atoms with E-state index < -0.39 is 11.9 Å². The number of hydrogen-bond donors (Lipinski definition) is 1. The number of morpholine rings is 1. The highest BCUT2D eigenvalue weighted by Gasteiger charge is 2.49. The van der Waals surface area contributed by atoms with E-state index in [-0.39, 0.29) is 18.0 Å². The van der Waals surface area contributed by atoms with E-state index in [0.717, 1.165) is 30.6 Å². The summed E-state index contributed by atoms with van der Waals surface area (Å²) in [6.07, 6.45) is 2.06. The zero-order chi connectivity index (χ0) is 20.9. The fourth-order valence-corrected chi connectivity index (χ4v) is 4.94. The molecule has 0 amide bonds. The van der Waals surface area contributed by atoms with Crippen LogP contribution in [0.25, 0.3) is 0 Å². The number of rotatable bonds is 2. The van der Waals surface area contributed by atoms with E-state index in [9.17, 15) is 9.50 Å². The number of likely N-dealkylation sites (N-methyl/N-ethyl adjacent to an activating group) is 1. The van der Waals surface area contributed by atoms with Crippen LogP contribution in [0, 0.1) is 12.7 Å². The van der Waals surface area contributed by atoms with Gasteiger partial charge in [-0.15, -0.1) is 0 Å². The van der Waals surface area contributed by atoms with Gasteiger partial charge < -0.3 is 19.3 Å². The van der Waals surface area contributed by atoms with Gasteiger partial charge >= 0.3 is 0 Å². The van der Waals surface area contributed by atoms with E-state index in [2.05, 4.69) is 17.9 Å². The number of nitrogens with zero attached hydrogens (tertiary/aromatic N) is 1. The van der Waals surface area contributed by atoms with Crippen LogP contribution in [0.2, 0.25) is 0 Å². The number of fused-ring (bicyclic) bond motifs is 2. The van der Waals surface area contributed by atoms with Crippen molar-refractivity contribution in [1.82, 2.24) is 4.90 Å². The largest absolute Gasteiger partial charge is 0.487 e. The summed E-state index contributed by atoms with van der Waals surface area (Å²) in [7, 11) is 1.98. The van der Waals surface area contributed by atoms with Gasteiger partial charge in [-0.1, -0.05) is 17.7 Å². The Bertz CT molecular complexity index is 951. The van der Waals surface area contributed by atoms with Crippen LogP contribution in [0.4, 0.5) is 4.39 Å².